The number of rotatable bonds is 5. The molecule has 19 heavy (non-hydrogen) atoms. The molecule has 0 bridgehead atoms. The van der Waals surface area contributed by atoms with E-state index in [1.165, 1.54) is 16.9 Å². The fourth-order valence-corrected chi connectivity index (χ4v) is 2.35. The summed E-state index contributed by atoms with van der Waals surface area (Å²) in [4.78, 5) is 2.35. The molecule has 0 spiro atoms. The van der Waals surface area contributed by atoms with Gasteiger partial charge in [0.1, 0.15) is 0 Å². The third-order valence-electron chi connectivity index (χ3n) is 3.51. The average Bonchev–Trinajstić information content (AvgIpc) is 2.49. The highest BCUT2D eigenvalue weighted by molar-refractivity contribution is 5.66. The van der Waals surface area contributed by atoms with Gasteiger partial charge in [-0.25, -0.2) is 0 Å². The lowest BCUT2D eigenvalue weighted by atomic mass is 10.0. The molecule has 1 atom stereocenters. The second-order valence-electron chi connectivity index (χ2n) is 4.65. The van der Waals surface area contributed by atoms with Gasteiger partial charge in [-0.1, -0.05) is 36.4 Å². The maximum atomic E-state index is 3.33. The molecule has 100 valence electrons. The van der Waals surface area contributed by atoms with Crippen LogP contribution in [0.3, 0.4) is 0 Å². The number of hydrogen-bond acceptors (Lipinski definition) is 2. The van der Waals surface area contributed by atoms with Crippen LogP contribution in [-0.4, -0.2) is 13.6 Å². The highest BCUT2D eigenvalue weighted by atomic mass is 15.1. The summed E-state index contributed by atoms with van der Waals surface area (Å²) in [5.74, 6) is 0. The van der Waals surface area contributed by atoms with Crippen molar-refractivity contribution >= 4 is 11.4 Å². The Morgan fingerprint density at radius 1 is 1.00 bits per heavy atom. The maximum Gasteiger partial charge on any atom is 0.0459 e. The molecule has 0 saturated carbocycles. The normalized spacial score (nSPS) is 12.2. The van der Waals surface area contributed by atoms with Gasteiger partial charge in [0.25, 0.3) is 0 Å². The summed E-state index contributed by atoms with van der Waals surface area (Å²) in [5.41, 5.74) is 3.84. The molecule has 1 N–H and O–H groups in total. The van der Waals surface area contributed by atoms with Gasteiger partial charge in [0.2, 0.25) is 0 Å². The highest BCUT2D eigenvalue weighted by Gasteiger charge is 2.14. The highest BCUT2D eigenvalue weighted by Crippen LogP contribution is 2.31. The van der Waals surface area contributed by atoms with Crippen molar-refractivity contribution in [2.45, 2.75) is 19.9 Å². The molecule has 0 amide bonds. The van der Waals surface area contributed by atoms with Crippen molar-refractivity contribution in [1.82, 2.24) is 5.32 Å². The lowest BCUT2D eigenvalue weighted by molar-refractivity contribution is 0.651. The fourth-order valence-electron chi connectivity index (χ4n) is 2.35. The zero-order valence-electron chi connectivity index (χ0n) is 11.9. The largest absolute Gasteiger partial charge is 0.341 e. The maximum absolute atomic E-state index is 3.33. The van der Waals surface area contributed by atoms with Crippen LogP contribution in [0.2, 0.25) is 0 Å². The van der Waals surface area contributed by atoms with Crippen LogP contribution in [0.15, 0.2) is 54.6 Å². The van der Waals surface area contributed by atoms with Gasteiger partial charge in [-0.3, -0.25) is 0 Å². The molecule has 2 nitrogen and oxygen atoms in total. The molecule has 1 unspecified atom stereocenters. The number of benzene rings is 2. The molecule has 0 aromatic heterocycles. The number of para-hydroxylation sites is 2. The lowest BCUT2D eigenvalue weighted by Crippen LogP contribution is -2.21. The van der Waals surface area contributed by atoms with E-state index in [4.69, 9.17) is 0 Å². The Morgan fingerprint density at radius 2 is 1.63 bits per heavy atom. The van der Waals surface area contributed by atoms with E-state index in [-0.39, 0.29) is 0 Å². The van der Waals surface area contributed by atoms with Gasteiger partial charge in [-0.2, -0.15) is 0 Å². The Kier molecular flexibility index (Phi) is 4.58. The minimum absolute atomic E-state index is 0.342. The molecular formula is C17H22N2. The summed E-state index contributed by atoms with van der Waals surface area (Å²) in [5, 5.41) is 3.33. The summed E-state index contributed by atoms with van der Waals surface area (Å²) in [7, 11) is 2.00. The summed E-state index contributed by atoms with van der Waals surface area (Å²) in [6.45, 7) is 5.34. The topological polar surface area (TPSA) is 15.3 Å². The molecular weight excluding hydrogens is 232 g/mol. The van der Waals surface area contributed by atoms with Crippen molar-refractivity contribution in [3.05, 3.63) is 60.2 Å². The molecule has 0 aliphatic heterocycles. The lowest BCUT2D eigenvalue weighted by Gasteiger charge is -2.27. The van der Waals surface area contributed by atoms with Crippen molar-refractivity contribution in [3.63, 3.8) is 0 Å². The first-order chi connectivity index (χ1) is 9.27. The first-order valence-electron chi connectivity index (χ1n) is 6.86. The third kappa shape index (κ3) is 2.96. The van der Waals surface area contributed by atoms with Gasteiger partial charge in [0, 0.05) is 24.0 Å². The van der Waals surface area contributed by atoms with E-state index in [0.29, 0.717) is 6.04 Å². The second-order valence-corrected chi connectivity index (χ2v) is 4.65. The fraction of sp³-hybridized carbons (Fsp3) is 0.294. The SMILES string of the molecule is CCN(c1ccccc1)c1ccccc1C(C)NC. The Morgan fingerprint density at radius 3 is 2.26 bits per heavy atom. The van der Waals surface area contributed by atoms with Crippen molar-refractivity contribution in [3.8, 4) is 0 Å². The molecule has 0 fully saturated rings. The van der Waals surface area contributed by atoms with Crippen LogP contribution in [-0.2, 0) is 0 Å². The van der Waals surface area contributed by atoms with Crippen molar-refractivity contribution in [1.29, 1.82) is 0 Å². The molecule has 2 aromatic carbocycles. The Labute approximate surface area is 116 Å². The zero-order valence-corrected chi connectivity index (χ0v) is 11.9. The smallest absolute Gasteiger partial charge is 0.0459 e. The van der Waals surface area contributed by atoms with Gasteiger partial charge >= 0.3 is 0 Å². The van der Waals surface area contributed by atoms with Crippen LogP contribution >= 0.6 is 0 Å². The van der Waals surface area contributed by atoms with Crippen LogP contribution in [0.1, 0.15) is 25.5 Å². The van der Waals surface area contributed by atoms with Gasteiger partial charge < -0.3 is 10.2 Å². The minimum atomic E-state index is 0.342. The van der Waals surface area contributed by atoms with Crippen molar-refractivity contribution in [2.75, 3.05) is 18.5 Å². The van der Waals surface area contributed by atoms with Crippen molar-refractivity contribution < 1.29 is 0 Å². The first-order valence-corrected chi connectivity index (χ1v) is 6.86. The third-order valence-corrected chi connectivity index (χ3v) is 3.51. The van der Waals surface area contributed by atoms with Crippen molar-refractivity contribution in [2.24, 2.45) is 0 Å². The molecule has 2 rings (SSSR count). The predicted molar refractivity (Wildman–Crippen MR) is 83.0 cm³/mol. The van der Waals surface area contributed by atoms with Crippen LogP contribution in [0, 0.1) is 0 Å². The minimum Gasteiger partial charge on any atom is -0.341 e. The quantitative estimate of drug-likeness (QED) is 0.863. The molecule has 0 aliphatic carbocycles. The average molecular weight is 254 g/mol. The van der Waals surface area contributed by atoms with Gasteiger partial charge in [-0.15, -0.1) is 0 Å². The summed E-state index contributed by atoms with van der Waals surface area (Å²) < 4.78 is 0. The number of anilines is 2. The van der Waals surface area contributed by atoms with E-state index in [2.05, 4.69) is 78.7 Å². The van der Waals surface area contributed by atoms with Crippen LogP contribution in [0.5, 0.6) is 0 Å². The molecule has 0 saturated heterocycles. The van der Waals surface area contributed by atoms with E-state index >= 15 is 0 Å². The van der Waals surface area contributed by atoms with E-state index in [1.807, 2.05) is 7.05 Å². The number of nitrogens with zero attached hydrogens (tertiary/aromatic N) is 1. The van der Waals surface area contributed by atoms with Gasteiger partial charge in [0.15, 0.2) is 0 Å². The molecule has 0 radical (unpaired) electrons. The molecule has 2 heteroatoms. The summed E-state index contributed by atoms with van der Waals surface area (Å²) >= 11 is 0. The molecule has 0 aliphatic rings. The number of nitrogens with one attached hydrogen (secondary N) is 1. The van der Waals surface area contributed by atoms with Crippen LogP contribution < -0.4 is 10.2 Å². The number of hydrogen-bond donors (Lipinski definition) is 1. The van der Waals surface area contributed by atoms with Gasteiger partial charge in [0.05, 0.1) is 0 Å². The van der Waals surface area contributed by atoms with E-state index in [1.54, 1.807) is 0 Å². The summed E-state index contributed by atoms with van der Waals surface area (Å²) in [6.07, 6.45) is 0. The standard InChI is InChI=1S/C17H22N2/c1-4-19(15-10-6-5-7-11-15)17-13-9-8-12-16(17)14(2)18-3/h5-14,18H,4H2,1-3H3. The van der Waals surface area contributed by atoms with E-state index < -0.39 is 0 Å². The van der Waals surface area contributed by atoms with E-state index in [0.717, 1.165) is 6.54 Å². The second kappa shape index (κ2) is 6.39. The summed E-state index contributed by atoms with van der Waals surface area (Å²) in [6, 6.07) is 19.5. The Bertz CT molecular complexity index is 508. The Hall–Kier alpha value is -1.80. The van der Waals surface area contributed by atoms with E-state index in [9.17, 15) is 0 Å². The van der Waals surface area contributed by atoms with Gasteiger partial charge in [-0.05, 0) is 44.7 Å². The molecule has 0 heterocycles. The first kappa shape index (κ1) is 13.6. The molecule has 2 aromatic rings. The van der Waals surface area contributed by atoms with Crippen LogP contribution in [0.4, 0.5) is 11.4 Å². The zero-order chi connectivity index (χ0) is 13.7. The monoisotopic (exact) mass is 254 g/mol. The predicted octanol–water partition coefficient (Wildman–Crippen LogP) is 4.13. The Balaban J connectivity index is 2.44. The van der Waals surface area contributed by atoms with Crippen LogP contribution in [0.25, 0.3) is 0 Å².